The monoisotopic (exact) mass is 323 g/mol. The van der Waals surface area contributed by atoms with Crippen LogP contribution in [0.4, 0.5) is 0 Å². The number of H-pyrrole nitrogens is 1. The molecule has 0 spiro atoms. The normalized spacial score (nSPS) is 20.0. The Kier molecular flexibility index (Phi) is 3.94. The second-order valence-corrected chi connectivity index (χ2v) is 6.50. The van der Waals surface area contributed by atoms with E-state index in [9.17, 15) is 9.59 Å². The smallest absolute Gasteiger partial charge is 0.261 e. The summed E-state index contributed by atoms with van der Waals surface area (Å²) in [5.74, 6) is -0.165. The molecule has 1 aliphatic heterocycles. The lowest BCUT2D eigenvalue weighted by molar-refractivity contribution is 0.0632. The Balaban J connectivity index is 1.69. The van der Waals surface area contributed by atoms with Crippen molar-refractivity contribution in [1.29, 1.82) is 0 Å². The van der Waals surface area contributed by atoms with E-state index in [2.05, 4.69) is 10.3 Å². The van der Waals surface area contributed by atoms with Crippen molar-refractivity contribution in [3.63, 3.8) is 0 Å². The average molecular weight is 323 g/mol. The molecule has 2 aliphatic rings. The van der Waals surface area contributed by atoms with Crippen molar-refractivity contribution in [2.75, 3.05) is 19.6 Å². The molecule has 2 aromatic rings. The fraction of sp³-hybridized carbons (Fsp3) is 0.368. The van der Waals surface area contributed by atoms with Gasteiger partial charge in [0.2, 0.25) is 0 Å². The zero-order chi connectivity index (χ0) is 16.5. The van der Waals surface area contributed by atoms with Crippen LogP contribution >= 0.6 is 0 Å². The molecule has 1 amide bonds. The van der Waals surface area contributed by atoms with Crippen LogP contribution in [-0.4, -0.2) is 35.4 Å². The molecule has 24 heavy (non-hydrogen) atoms. The molecule has 1 aliphatic carbocycles. The van der Waals surface area contributed by atoms with Gasteiger partial charge in [0.25, 0.3) is 11.5 Å². The molecule has 5 nitrogen and oxygen atoms in total. The number of carbonyl (C=O) groups excluding carboxylic acids is 1. The Hall–Kier alpha value is -2.40. The largest absolute Gasteiger partial charge is 0.329 e. The van der Waals surface area contributed by atoms with Gasteiger partial charge in [-0.3, -0.25) is 9.59 Å². The van der Waals surface area contributed by atoms with Gasteiger partial charge in [0, 0.05) is 25.3 Å². The minimum absolute atomic E-state index is 0.0416. The van der Waals surface area contributed by atoms with Gasteiger partial charge in [0.15, 0.2) is 0 Å². The number of rotatable bonds is 2. The first kappa shape index (κ1) is 15.1. The van der Waals surface area contributed by atoms with Crippen molar-refractivity contribution in [2.45, 2.75) is 25.3 Å². The number of carbonyl (C=O) groups is 1. The van der Waals surface area contributed by atoms with E-state index in [0.29, 0.717) is 13.1 Å². The maximum atomic E-state index is 13.1. The Morgan fingerprint density at radius 3 is 2.83 bits per heavy atom. The molecule has 1 atom stereocenters. The number of pyridine rings is 1. The lowest BCUT2D eigenvalue weighted by Gasteiger charge is -2.36. The number of fused-ring (bicyclic) bond motifs is 1. The quantitative estimate of drug-likeness (QED) is 0.883. The molecule has 1 saturated heterocycles. The second kappa shape index (κ2) is 6.24. The van der Waals surface area contributed by atoms with Crippen molar-refractivity contribution in [3.05, 3.63) is 69.1 Å². The third-order valence-electron chi connectivity index (χ3n) is 5.01. The first-order chi connectivity index (χ1) is 11.7. The molecule has 0 radical (unpaired) electrons. The number of benzene rings is 1. The van der Waals surface area contributed by atoms with E-state index < -0.39 is 0 Å². The maximum absolute atomic E-state index is 13.1. The predicted octanol–water partition coefficient (Wildman–Crippen LogP) is 1.65. The van der Waals surface area contributed by atoms with Gasteiger partial charge in [0.05, 0.1) is 6.04 Å². The SMILES string of the molecule is O=C(c1cc2c([nH]c1=O)CCC2)N1CCNC[C@H]1c1ccccc1. The Labute approximate surface area is 140 Å². The molecule has 1 fully saturated rings. The van der Waals surface area contributed by atoms with Crippen molar-refractivity contribution in [2.24, 2.45) is 0 Å². The van der Waals surface area contributed by atoms with E-state index in [1.165, 1.54) is 0 Å². The topological polar surface area (TPSA) is 65.2 Å². The number of aryl methyl sites for hydroxylation is 2. The van der Waals surface area contributed by atoms with Crippen LogP contribution in [0.1, 0.15) is 39.6 Å². The van der Waals surface area contributed by atoms with Crippen LogP contribution in [-0.2, 0) is 12.8 Å². The molecule has 1 aromatic heterocycles. The highest BCUT2D eigenvalue weighted by atomic mass is 16.2. The molecule has 0 unspecified atom stereocenters. The summed E-state index contributed by atoms with van der Waals surface area (Å²) < 4.78 is 0. The zero-order valence-corrected chi connectivity index (χ0v) is 13.5. The third-order valence-corrected chi connectivity index (χ3v) is 5.01. The van der Waals surface area contributed by atoms with E-state index >= 15 is 0 Å². The number of nitrogens with one attached hydrogen (secondary N) is 2. The van der Waals surface area contributed by atoms with E-state index in [4.69, 9.17) is 0 Å². The summed E-state index contributed by atoms with van der Waals surface area (Å²) in [7, 11) is 0. The molecule has 1 aromatic carbocycles. The lowest BCUT2D eigenvalue weighted by Crippen LogP contribution is -2.49. The van der Waals surface area contributed by atoms with Gasteiger partial charge in [-0.25, -0.2) is 0 Å². The minimum atomic E-state index is -0.258. The molecular weight excluding hydrogens is 302 g/mol. The van der Waals surface area contributed by atoms with Crippen molar-refractivity contribution in [3.8, 4) is 0 Å². The first-order valence-corrected chi connectivity index (χ1v) is 8.56. The lowest BCUT2D eigenvalue weighted by atomic mass is 10.0. The molecule has 0 saturated carbocycles. The summed E-state index contributed by atoms with van der Waals surface area (Å²) >= 11 is 0. The summed E-state index contributed by atoms with van der Waals surface area (Å²) in [6.07, 6.45) is 2.89. The number of hydrogen-bond acceptors (Lipinski definition) is 3. The standard InChI is InChI=1S/C19H21N3O2/c23-18-15(11-14-7-4-8-16(14)21-18)19(24)22-10-9-20-12-17(22)13-5-2-1-3-6-13/h1-3,5-6,11,17,20H,4,7-10,12H2,(H,21,23)/t17-/m0/s1. The fourth-order valence-corrected chi connectivity index (χ4v) is 3.75. The van der Waals surface area contributed by atoms with Gasteiger partial charge in [-0.05, 0) is 36.5 Å². The average Bonchev–Trinajstić information content (AvgIpc) is 3.08. The van der Waals surface area contributed by atoms with Crippen LogP contribution in [0, 0.1) is 0 Å². The summed E-state index contributed by atoms with van der Waals surface area (Å²) in [6.45, 7) is 2.06. The maximum Gasteiger partial charge on any atom is 0.261 e. The predicted molar refractivity (Wildman–Crippen MR) is 92.2 cm³/mol. The van der Waals surface area contributed by atoms with Gasteiger partial charge < -0.3 is 15.2 Å². The van der Waals surface area contributed by atoms with Crippen molar-refractivity contribution >= 4 is 5.91 Å². The molecule has 0 bridgehead atoms. The molecular formula is C19H21N3O2. The fourth-order valence-electron chi connectivity index (χ4n) is 3.75. The summed E-state index contributed by atoms with van der Waals surface area (Å²) in [4.78, 5) is 30.2. The Morgan fingerprint density at radius 2 is 2.00 bits per heavy atom. The molecule has 2 heterocycles. The summed E-state index contributed by atoms with van der Waals surface area (Å²) in [6, 6.07) is 11.8. The molecule has 2 N–H and O–H groups in total. The highest BCUT2D eigenvalue weighted by molar-refractivity contribution is 5.94. The Bertz CT molecular complexity index is 813. The van der Waals surface area contributed by atoms with Crippen LogP contribution in [0.25, 0.3) is 0 Å². The number of aromatic amines is 1. The van der Waals surface area contributed by atoms with Crippen molar-refractivity contribution in [1.82, 2.24) is 15.2 Å². The molecule has 4 rings (SSSR count). The van der Waals surface area contributed by atoms with E-state index in [-0.39, 0.29) is 23.1 Å². The summed E-state index contributed by atoms with van der Waals surface area (Å²) in [5, 5.41) is 3.35. The van der Waals surface area contributed by atoms with E-state index in [1.807, 2.05) is 41.3 Å². The van der Waals surface area contributed by atoms with Gasteiger partial charge in [-0.1, -0.05) is 30.3 Å². The minimum Gasteiger partial charge on any atom is -0.329 e. The summed E-state index contributed by atoms with van der Waals surface area (Å²) in [5.41, 5.74) is 3.22. The molecule has 124 valence electrons. The highest BCUT2D eigenvalue weighted by Gasteiger charge is 2.30. The van der Waals surface area contributed by atoms with Crippen LogP contribution in [0.5, 0.6) is 0 Å². The van der Waals surface area contributed by atoms with E-state index in [1.54, 1.807) is 0 Å². The van der Waals surface area contributed by atoms with Gasteiger partial charge >= 0.3 is 0 Å². The number of amides is 1. The molecule has 5 heteroatoms. The Morgan fingerprint density at radius 1 is 1.17 bits per heavy atom. The van der Waals surface area contributed by atoms with Gasteiger partial charge in [0.1, 0.15) is 5.56 Å². The zero-order valence-electron chi connectivity index (χ0n) is 13.5. The third kappa shape index (κ3) is 2.65. The van der Waals surface area contributed by atoms with Gasteiger partial charge in [-0.2, -0.15) is 0 Å². The van der Waals surface area contributed by atoms with Crippen molar-refractivity contribution < 1.29 is 4.79 Å². The van der Waals surface area contributed by atoms with Crippen LogP contribution in [0.15, 0.2) is 41.2 Å². The van der Waals surface area contributed by atoms with Crippen LogP contribution in [0.3, 0.4) is 0 Å². The van der Waals surface area contributed by atoms with Gasteiger partial charge in [-0.15, -0.1) is 0 Å². The van der Waals surface area contributed by atoms with Crippen LogP contribution < -0.4 is 10.9 Å². The highest BCUT2D eigenvalue weighted by Crippen LogP contribution is 2.25. The number of aromatic nitrogens is 1. The number of nitrogens with zero attached hydrogens (tertiary/aromatic N) is 1. The first-order valence-electron chi connectivity index (χ1n) is 8.56. The number of piperazine rings is 1. The van der Waals surface area contributed by atoms with Crippen LogP contribution in [0.2, 0.25) is 0 Å². The number of hydrogen-bond donors (Lipinski definition) is 2. The second-order valence-electron chi connectivity index (χ2n) is 6.50. The van der Waals surface area contributed by atoms with E-state index in [0.717, 1.165) is 42.6 Å².